The van der Waals surface area contributed by atoms with Gasteiger partial charge < -0.3 is 14.8 Å². The van der Waals surface area contributed by atoms with Crippen molar-refractivity contribution in [1.82, 2.24) is 24.3 Å². The van der Waals surface area contributed by atoms with E-state index in [9.17, 15) is 9.59 Å². The van der Waals surface area contributed by atoms with E-state index < -0.39 is 0 Å². The maximum absolute atomic E-state index is 13.2. The summed E-state index contributed by atoms with van der Waals surface area (Å²) in [5, 5.41) is 2.87. The van der Waals surface area contributed by atoms with Gasteiger partial charge in [-0.1, -0.05) is 12.5 Å². The minimum atomic E-state index is -0.0325. The Bertz CT molecular complexity index is 1010. The maximum Gasteiger partial charge on any atom is 0.257 e. The topological polar surface area (TPSA) is 83.4 Å². The first-order chi connectivity index (χ1) is 15.1. The van der Waals surface area contributed by atoms with Crippen molar-refractivity contribution in [3.05, 3.63) is 51.7 Å². The fourth-order valence-electron chi connectivity index (χ4n) is 5.39. The highest BCUT2D eigenvalue weighted by Gasteiger charge is 2.37. The summed E-state index contributed by atoms with van der Waals surface area (Å²) in [4.78, 5) is 38.9. The molecule has 5 heterocycles. The summed E-state index contributed by atoms with van der Waals surface area (Å²) in [7, 11) is 1.75. The monoisotopic (exact) mass is 422 g/mol. The van der Waals surface area contributed by atoms with Gasteiger partial charge in [0.15, 0.2) is 0 Å². The van der Waals surface area contributed by atoms with Gasteiger partial charge >= 0.3 is 0 Å². The molecule has 0 aromatic carbocycles. The molecule has 2 atom stereocenters. The average molecular weight is 423 g/mol. The van der Waals surface area contributed by atoms with Crippen LogP contribution in [0, 0.1) is 5.92 Å². The van der Waals surface area contributed by atoms with Gasteiger partial charge in [-0.25, -0.2) is 9.97 Å². The van der Waals surface area contributed by atoms with Gasteiger partial charge in [0.2, 0.25) is 5.95 Å². The van der Waals surface area contributed by atoms with E-state index in [1.807, 2.05) is 15.5 Å². The molecule has 8 heteroatoms. The summed E-state index contributed by atoms with van der Waals surface area (Å²) >= 11 is 0. The Balaban J connectivity index is 1.34. The van der Waals surface area contributed by atoms with Crippen molar-refractivity contribution in [3.63, 3.8) is 0 Å². The third kappa shape index (κ3) is 3.96. The standard InChI is InChI=1S/C23H30N6O2/c1-24-23-25-10-19(11-26-23)21(30)28-12-16-9-18(15-28)20-6-5-17(22(31)29(20)13-16)14-27-7-3-2-4-8-27/h5-6,10-11,16,18H,2-4,7-9,12-15H2,1H3,(H,24,25,26)/t16-,18+/m0/s1. The highest BCUT2D eigenvalue weighted by molar-refractivity contribution is 5.93. The number of aromatic nitrogens is 3. The van der Waals surface area contributed by atoms with Crippen molar-refractivity contribution in [2.75, 3.05) is 38.5 Å². The molecule has 0 unspecified atom stereocenters. The largest absolute Gasteiger partial charge is 0.357 e. The fourth-order valence-corrected chi connectivity index (χ4v) is 5.39. The van der Waals surface area contributed by atoms with Crippen molar-refractivity contribution in [2.24, 2.45) is 5.92 Å². The molecule has 2 fully saturated rings. The molecule has 5 rings (SSSR count). The zero-order valence-electron chi connectivity index (χ0n) is 18.1. The van der Waals surface area contributed by atoms with Crippen LogP contribution >= 0.6 is 0 Å². The van der Waals surface area contributed by atoms with E-state index in [-0.39, 0.29) is 17.4 Å². The van der Waals surface area contributed by atoms with Gasteiger partial charge in [0.1, 0.15) is 0 Å². The number of hydrogen-bond acceptors (Lipinski definition) is 6. The molecule has 2 aromatic heterocycles. The summed E-state index contributed by atoms with van der Waals surface area (Å²) in [5.41, 5.74) is 2.64. The molecule has 3 aliphatic heterocycles. The SMILES string of the molecule is CNc1ncc(C(=O)N2C[C@@H]3C[C@H](C2)c2ccc(CN4CCCCC4)c(=O)n2C3)cn1. The van der Waals surface area contributed by atoms with Crippen molar-refractivity contribution < 1.29 is 4.79 Å². The second kappa shape index (κ2) is 8.42. The van der Waals surface area contributed by atoms with Gasteiger partial charge in [0.05, 0.1) is 5.56 Å². The lowest BCUT2D eigenvalue weighted by Gasteiger charge is -2.43. The Morgan fingerprint density at radius 2 is 1.87 bits per heavy atom. The first-order valence-electron chi connectivity index (χ1n) is 11.4. The number of hydrogen-bond donors (Lipinski definition) is 1. The number of nitrogens with zero attached hydrogens (tertiary/aromatic N) is 5. The van der Waals surface area contributed by atoms with Crippen LogP contribution in [-0.2, 0) is 13.1 Å². The van der Waals surface area contributed by atoms with E-state index in [0.29, 0.717) is 37.1 Å². The van der Waals surface area contributed by atoms with E-state index in [4.69, 9.17) is 0 Å². The van der Waals surface area contributed by atoms with E-state index in [1.165, 1.54) is 19.3 Å². The van der Waals surface area contributed by atoms with Crippen molar-refractivity contribution in [1.29, 1.82) is 0 Å². The van der Waals surface area contributed by atoms with Gasteiger partial charge in [-0.3, -0.25) is 14.5 Å². The molecule has 0 radical (unpaired) electrons. The molecule has 0 aliphatic carbocycles. The average Bonchev–Trinajstić information content (AvgIpc) is 2.81. The van der Waals surface area contributed by atoms with Gasteiger partial charge in [0, 0.05) is 62.8 Å². The third-order valence-electron chi connectivity index (χ3n) is 6.94. The Labute approximate surface area is 182 Å². The second-order valence-electron chi connectivity index (χ2n) is 9.09. The van der Waals surface area contributed by atoms with Crippen molar-refractivity contribution >= 4 is 11.9 Å². The van der Waals surface area contributed by atoms with E-state index in [1.54, 1.807) is 19.4 Å². The highest BCUT2D eigenvalue weighted by atomic mass is 16.2. The minimum Gasteiger partial charge on any atom is -0.357 e. The zero-order valence-corrected chi connectivity index (χ0v) is 18.1. The molecule has 3 aliphatic rings. The van der Waals surface area contributed by atoms with Crippen LogP contribution in [-0.4, -0.2) is 63.5 Å². The number of carbonyl (C=O) groups excluding carboxylic acids is 1. The molecular weight excluding hydrogens is 392 g/mol. The summed E-state index contributed by atoms with van der Waals surface area (Å²) in [6.45, 7) is 4.92. The molecule has 2 saturated heterocycles. The Hall–Kier alpha value is -2.74. The van der Waals surface area contributed by atoms with Gasteiger partial charge in [-0.05, 0) is 44.3 Å². The molecule has 2 bridgehead atoms. The first kappa shape index (κ1) is 20.2. The maximum atomic E-state index is 13.2. The Kier molecular flexibility index (Phi) is 5.48. The van der Waals surface area contributed by atoms with Crippen LogP contribution in [0.25, 0.3) is 0 Å². The smallest absolute Gasteiger partial charge is 0.257 e. The number of likely N-dealkylation sites (tertiary alicyclic amines) is 2. The molecule has 2 aromatic rings. The number of carbonyl (C=O) groups is 1. The number of rotatable bonds is 4. The van der Waals surface area contributed by atoms with Gasteiger partial charge in [-0.2, -0.15) is 0 Å². The van der Waals surface area contributed by atoms with Gasteiger partial charge in [0.25, 0.3) is 11.5 Å². The minimum absolute atomic E-state index is 0.0325. The number of amides is 1. The summed E-state index contributed by atoms with van der Waals surface area (Å²) in [5.74, 6) is 0.969. The number of piperidine rings is 2. The van der Waals surface area contributed by atoms with Gasteiger partial charge in [-0.15, -0.1) is 0 Å². The predicted octanol–water partition coefficient (Wildman–Crippen LogP) is 1.93. The van der Waals surface area contributed by atoms with Crippen LogP contribution in [0.3, 0.4) is 0 Å². The molecule has 164 valence electrons. The molecule has 1 amide bonds. The molecule has 8 nitrogen and oxygen atoms in total. The molecule has 0 spiro atoms. The summed E-state index contributed by atoms with van der Waals surface area (Å²) in [6.07, 6.45) is 7.94. The fraction of sp³-hybridized carbons (Fsp3) is 0.565. The molecule has 1 N–H and O–H groups in total. The van der Waals surface area contributed by atoms with E-state index >= 15 is 0 Å². The van der Waals surface area contributed by atoms with E-state index in [2.05, 4.69) is 26.3 Å². The lowest BCUT2D eigenvalue weighted by atomic mass is 9.82. The van der Waals surface area contributed by atoms with Crippen LogP contribution in [0.2, 0.25) is 0 Å². The summed E-state index contributed by atoms with van der Waals surface area (Å²) in [6, 6.07) is 4.15. The van der Waals surface area contributed by atoms with Crippen LogP contribution in [0.15, 0.2) is 29.3 Å². The predicted molar refractivity (Wildman–Crippen MR) is 118 cm³/mol. The number of pyridine rings is 1. The quantitative estimate of drug-likeness (QED) is 0.811. The Morgan fingerprint density at radius 1 is 1.10 bits per heavy atom. The van der Waals surface area contributed by atoms with Crippen molar-refractivity contribution in [2.45, 2.75) is 44.7 Å². The Morgan fingerprint density at radius 3 is 2.61 bits per heavy atom. The third-order valence-corrected chi connectivity index (χ3v) is 6.94. The lowest BCUT2D eigenvalue weighted by molar-refractivity contribution is 0.0593. The number of fused-ring (bicyclic) bond motifs is 4. The molecular formula is C23H30N6O2. The number of nitrogens with one attached hydrogen (secondary N) is 1. The molecule has 0 saturated carbocycles. The second-order valence-corrected chi connectivity index (χ2v) is 9.09. The number of anilines is 1. The lowest BCUT2D eigenvalue weighted by Crippen LogP contribution is -2.49. The van der Waals surface area contributed by atoms with E-state index in [0.717, 1.165) is 37.3 Å². The van der Waals surface area contributed by atoms with Crippen LogP contribution < -0.4 is 10.9 Å². The van der Waals surface area contributed by atoms with Crippen LogP contribution in [0.5, 0.6) is 0 Å². The normalized spacial score (nSPS) is 23.3. The van der Waals surface area contributed by atoms with Crippen LogP contribution in [0.1, 0.15) is 53.2 Å². The van der Waals surface area contributed by atoms with Crippen molar-refractivity contribution in [3.8, 4) is 0 Å². The van der Waals surface area contributed by atoms with Crippen LogP contribution in [0.4, 0.5) is 5.95 Å². The highest BCUT2D eigenvalue weighted by Crippen LogP contribution is 2.35. The zero-order chi connectivity index (χ0) is 21.4. The first-order valence-corrected chi connectivity index (χ1v) is 11.4. The summed E-state index contributed by atoms with van der Waals surface area (Å²) < 4.78 is 1.99. The molecule has 31 heavy (non-hydrogen) atoms.